The van der Waals surface area contributed by atoms with Crippen LogP contribution in [0.15, 0.2) is 72.8 Å². The van der Waals surface area contributed by atoms with Gasteiger partial charge in [0.2, 0.25) is 0 Å². The fourth-order valence-corrected chi connectivity index (χ4v) is 4.77. The van der Waals surface area contributed by atoms with E-state index in [9.17, 15) is 4.79 Å². The zero-order valence-corrected chi connectivity index (χ0v) is 22.4. The molecule has 0 aliphatic rings. The van der Waals surface area contributed by atoms with Crippen LogP contribution in [0, 0.1) is 6.92 Å². The van der Waals surface area contributed by atoms with Crippen LogP contribution in [0.4, 0.5) is 0 Å². The summed E-state index contributed by atoms with van der Waals surface area (Å²) >= 11 is 0. The smallest absolute Gasteiger partial charge is 0.251 e. The highest BCUT2D eigenvalue weighted by Gasteiger charge is 2.12. The van der Waals surface area contributed by atoms with Crippen LogP contribution >= 0.6 is 0 Å². The van der Waals surface area contributed by atoms with Crippen LogP contribution in [0.1, 0.15) is 72.8 Å². The summed E-state index contributed by atoms with van der Waals surface area (Å²) in [7, 11) is 0. The summed E-state index contributed by atoms with van der Waals surface area (Å²) in [6.45, 7) is 8.62. The predicted octanol–water partition coefficient (Wildman–Crippen LogP) is 7.08. The monoisotopic (exact) mass is 497 g/mol. The number of benzene rings is 3. The van der Waals surface area contributed by atoms with Gasteiger partial charge in [-0.25, -0.2) is 4.98 Å². The first-order chi connectivity index (χ1) is 18.0. The summed E-state index contributed by atoms with van der Waals surface area (Å²) < 4.78 is 8.52. The summed E-state index contributed by atoms with van der Waals surface area (Å²) in [5.41, 5.74) is 5.26. The quantitative estimate of drug-likeness (QED) is 0.201. The van der Waals surface area contributed by atoms with Crippen molar-refractivity contribution in [3.63, 3.8) is 0 Å². The fraction of sp³-hybridized carbons (Fsp3) is 0.375. The van der Waals surface area contributed by atoms with Crippen LogP contribution in [0.3, 0.4) is 0 Å². The Morgan fingerprint density at radius 2 is 1.68 bits per heavy atom. The molecule has 37 heavy (non-hydrogen) atoms. The first kappa shape index (κ1) is 26.5. The van der Waals surface area contributed by atoms with Crippen molar-refractivity contribution < 1.29 is 9.53 Å². The van der Waals surface area contributed by atoms with Crippen LogP contribution in [0.25, 0.3) is 11.0 Å². The van der Waals surface area contributed by atoms with Gasteiger partial charge >= 0.3 is 0 Å². The number of nitrogens with zero attached hydrogens (tertiary/aromatic N) is 2. The lowest BCUT2D eigenvalue weighted by atomic mass is 10.0. The van der Waals surface area contributed by atoms with Crippen molar-refractivity contribution in [3.05, 3.63) is 95.3 Å². The predicted molar refractivity (Wildman–Crippen MR) is 151 cm³/mol. The number of aromatic nitrogens is 2. The van der Waals surface area contributed by atoms with E-state index in [1.54, 1.807) is 0 Å². The number of hydrogen-bond acceptors (Lipinski definition) is 3. The van der Waals surface area contributed by atoms with E-state index >= 15 is 0 Å². The van der Waals surface area contributed by atoms with Gasteiger partial charge in [-0.3, -0.25) is 4.79 Å². The molecule has 0 fully saturated rings. The van der Waals surface area contributed by atoms with Gasteiger partial charge in [0.1, 0.15) is 11.6 Å². The van der Waals surface area contributed by atoms with E-state index in [0.717, 1.165) is 66.9 Å². The Labute approximate surface area is 220 Å². The van der Waals surface area contributed by atoms with Crippen LogP contribution in [-0.2, 0) is 13.0 Å². The molecule has 0 spiro atoms. The molecule has 3 aromatic carbocycles. The molecular formula is C32H39N3O2. The maximum atomic E-state index is 12.4. The fourth-order valence-electron chi connectivity index (χ4n) is 4.77. The van der Waals surface area contributed by atoms with Crippen molar-refractivity contribution in [2.45, 2.75) is 65.3 Å². The highest BCUT2D eigenvalue weighted by molar-refractivity contribution is 5.95. The van der Waals surface area contributed by atoms with Crippen molar-refractivity contribution in [2.75, 3.05) is 13.2 Å². The van der Waals surface area contributed by atoms with Gasteiger partial charge in [0.15, 0.2) is 0 Å². The summed E-state index contributed by atoms with van der Waals surface area (Å²) in [6, 6.07) is 24.4. The topological polar surface area (TPSA) is 56.2 Å². The van der Waals surface area contributed by atoms with Gasteiger partial charge in [0.05, 0.1) is 17.6 Å². The molecule has 5 heteroatoms. The maximum Gasteiger partial charge on any atom is 0.251 e. The van der Waals surface area contributed by atoms with Gasteiger partial charge in [-0.2, -0.15) is 0 Å². The standard InChI is InChI=1S/C32H39N3O2/c1-24(2)26-15-8-11-19-30(26)37-23-13-22-35-29-18-10-9-17-28(29)34-31(35)20-5-4-12-21-33-32(36)27-16-7-6-14-25(27)3/h6-11,14-19,24H,4-5,12-13,20-23H2,1-3H3,(H,33,36). The molecule has 0 saturated heterocycles. The van der Waals surface area contributed by atoms with Crippen molar-refractivity contribution in [1.29, 1.82) is 0 Å². The highest BCUT2D eigenvalue weighted by Crippen LogP contribution is 2.26. The average Bonchev–Trinajstić information content (AvgIpc) is 3.26. The number of rotatable bonds is 13. The molecule has 1 amide bonds. The molecule has 0 radical (unpaired) electrons. The van der Waals surface area contributed by atoms with E-state index in [2.05, 4.69) is 60.1 Å². The van der Waals surface area contributed by atoms with Crippen LogP contribution in [0.2, 0.25) is 0 Å². The Morgan fingerprint density at radius 3 is 2.51 bits per heavy atom. The summed E-state index contributed by atoms with van der Waals surface area (Å²) in [5.74, 6) is 2.57. The lowest BCUT2D eigenvalue weighted by Gasteiger charge is -2.14. The van der Waals surface area contributed by atoms with E-state index in [1.807, 2.05) is 43.3 Å². The second-order valence-corrected chi connectivity index (χ2v) is 9.94. The lowest BCUT2D eigenvalue weighted by Crippen LogP contribution is -2.25. The number of carbonyl (C=O) groups excluding carboxylic acids is 1. The molecule has 1 N–H and O–H groups in total. The minimum absolute atomic E-state index is 0.0122. The van der Waals surface area contributed by atoms with Gasteiger partial charge < -0.3 is 14.6 Å². The highest BCUT2D eigenvalue weighted by atomic mass is 16.5. The largest absolute Gasteiger partial charge is 0.493 e. The van der Waals surface area contributed by atoms with Crippen molar-refractivity contribution in [2.24, 2.45) is 0 Å². The second-order valence-electron chi connectivity index (χ2n) is 9.94. The first-order valence-corrected chi connectivity index (χ1v) is 13.5. The van der Waals surface area contributed by atoms with Gasteiger partial charge in [-0.15, -0.1) is 0 Å². The van der Waals surface area contributed by atoms with E-state index < -0.39 is 0 Å². The molecule has 0 saturated carbocycles. The van der Waals surface area contributed by atoms with Gasteiger partial charge in [0.25, 0.3) is 5.91 Å². The van der Waals surface area contributed by atoms with E-state index in [0.29, 0.717) is 19.1 Å². The third-order valence-electron chi connectivity index (χ3n) is 6.81. The molecule has 0 bridgehead atoms. The molecule has 194 valence electrons. The van der Waals surface area contributed by atoms with Crippen LogP contribution in [0.5, 0.6) is 5.75 Å². The molecule has 4 rings (SSSR count). The number of imidazole rings is 1. The number of ether oxygens (including phenoxy) is 1. The first-order valence-electron chi connectivity index (χ1n) is 13.5. The Balaban J connectivity index is 1.27. The van der Waals surface area contributed by atoms with Crippen LogP contribution < -0.4 is 10.1 Å². The molecule has 1 aromatic heterocycles. The number of hydrogen-bond donors (Lipinski definition) is 1. The molecule has 0 atom stereocenters. The molecule has 1 heterocycles. The number of carbonyl (C=O) groups is 1. The number of aryl methyl sites for hydroxylation is 3. The zero-order valence-electron chi connectivity index (χ0n) is 22.4. The molecule has 0 aliphatic carbocycles. The molecule has 5 nitrogen and oxygen atoms in total. The van der Waals surface area contributed by atoms with Crippen molar-refractivity contribution >= 4 is 16.9 Å². The molecule has 4 aromatic rings. The second kappa shape index (κ2) is 13.1. The maximum absolute atomic E-state index is 12.4. The minimum atomic E-state index is 0.0122. The van der Waals surface area contributed by atoms with E-state index in [1.165, 1.54) is 11.1 Å². The average molecular weight is 498 g/mol. The Kier molecular flexibility index (Phi) is 9.36. The zero-order chi connectivity index (χ0) is 26.0. The summed E-state index contributed by atoms with van der Waals surface area (Å²) in [5, 5.41) is 3.06. The van der Waals surface area contributed by atoms with Gasteiger partial charge in [-0.05, 0) is 67.5 Å². The number of unbranched alkanes of at least 4 members (excludes halogenated alkanes) is 2. The van der Waals surface area contributed by atoms with Crippen LogP contribution in [-0.4, -0.2) is 28.6 Å². The Morgan fingerprint density at radius 1 is 0.919 bits per heavy atom. The Hall–Kier alpha value is -3.60. The number of fused-ring (bicyclic) bond motifs is 1. The van der Waals surface area contributed by atoms with Gasteiger partial charge in [-0.1, -0.05) is 68.8 Å². The number of amides is 1. The summed E-state index contributed by atoms with van der Waals surface area (Å²) in [6.07, 6.45) is 4.90. The third kappa shape index (κ3) is 7.00. The Bertz CT molecular complexity index is 1310. The lowest BCUT2D eigenvalue weighted by molar-refractivity contribution is 0.0952. The third-order valence-corrected chi connectivity index (χ3v) is 6.81. The molecular weight excluding hydrogens is 458 g/mol. The SMILES string of the molecule is Cc1ccccc1C(=O)NCCCCCc1nc2ccccc2n1CCCOc1ccccc1C(C)C. The minimum Gasteiger partial charge on any atom is -0.493 e. The summed E-state index contributed by atoms with van der Waals surface area (Å²) in [4.78, 5) is 17.3. The van der Waals surface area contributed by atoms with E-state index in [4.69, 9.17) is 9.72 Å². The number of para-hydroxylation sites is 3. The van der Waals surface area contributed by atoms with Crippen molar-refractivity contribution in [1.82, 2.24) is 14.9 Å². The van der Waals surface area contributed by atoms with Crippen molar-refractivity contribution in [3.8, 4) is 5.75 Å². The molecule has 0 unspecified atom stereocenters. The van der Waals surface area contributed by atoms with E-state index in [-0.39, 0.29) is 5.91 Å². The number of nitrogens with one attached hydrogen (secondary N) is 1. The molecule has 0 aliphatic heterocycles. The normalized spacial score (nSPS) is 11.2. The van der Waals surface area contributed by atoms with Gasteiger partial charge in [0, 0.05) is 25.1 Å².